The van der Waals surface area contributed by atoms with E-state index in [1.54, 1.807) is 0 Å². The fourth-order valence-corrected chi connectivity index (χ4v) is 0.464. The number of carboxylic acids is 1. The summed E-state index contributed by atoms with van der Waals surface area (Å²) in [7, 11) is 0. The van der Waals surface area contributed by atoms with Gasteiger partial charge in [-0.25, -0.2) is 4.79 Å². The Morgan fingerprint density at radius 1 is 1.60 bits per heavy atom. The molecule has 4 heteroatoms. The zero-order valence-corrected chi connectivity index (χ0v) is 5.40. The van der Waals surface area contributed by atoms with Crippen molar-refractivity contribution in [1.29, 1.82) is 0 Å². The standard InChI is InChI=1S/C6H10O4/c1-2-3-4(7)5(8)6(9)10/h2,4-5,7-8H,1,3H2,(H,9,10). The summed E-state index contributed by atoms with van der Waals surface area (Å²) in [6.07, 6.45) is -1.54. The minimum absolute atomic E-state index is 0.0769. The second kappa shape index (κ2) is 4.03. The minimum atomic E-state index is -1.71. The van der Waals surface area contributed by atoms with Crippen LogP contribution in [0.25, 0.3) is 0 Å². The van der Waals surface area contributed by atoms with Crippen LogP contribution in [0.5, 0.6) is 0 Å². The van der Waals surface area contributed by atoms with Gasteiger partial charge in [-0.15, -0.1) is 6.58 Å². The van der Waals surface area contributed by atoms with Crippen LogP contribution in [0.1, 0.15) is 6.42 Å². The number of hydrogen-bond acceptors (Lipinski definition) is 3. The van der Waals surface area contributed by atoms with Crippen molar-refractivity contribution in [3.63, 3.8) is 0 Å². The first-order valence-electron chi connectivity index (χ1n) is 2.79. The number of aliphatic hydroxyl groups is 2. The summed E-state index contributed by atoms with van der Waals surface area (Å²) < 4.78 is 0. The third-order valence-electron chi connectivity index (χ3n) is 1.03. The van der Waals surface area contributed by atoms with Gasteiger partial charge in [0.1, 0.15) is 0 Å². The Labute approximate surface area is 58.4 Å². The van der Waals surface area contributed by atoms with Gasteiger partial charge in [-0.05, 0) is 6.42 Å². The molecular formula is C6H10O4. The maximum absolute atomic E-state index is 9.97. The molecule has 10 heavy (non-hydrogen) atoms. The number of rotatable bonds is 4. The summed E-state index contributed by atoms with van der Waals surface area (Å²) in [5, 5.41) is 25.5. The number of aliphatic hydroxyl groups excluding tert-OH is 2. The maximum Gasteiger partial charge on any atom is 0.335 e. The molecule has 0 bridgehead atoms. The van der Waals surface area contributed by atoms with E-state index < -0.39 is 18.2 Å². The number of hydrogen-bond donors (Lipinski definition) is 3. The van der Waals surface area contributed by atoms with Gasteiger partial charge >= 0.3 is 5.97 Å². The van der Waals surface area contributed by atoms with Crippen LogP contribution in [-0.4, -0.2) is 33.5 Å². The fourth-order valence-electron chi connectivity index (χ4n) is 0.464. The lowest BCUT2D eigenvalue weighted by Gasteiger charge is -2.10. The molecule has 0 aromatic rings. The van der Waals surface area contributed by atoms with E-state index >= 15 is 0 Å². The smallest absolute Gasteiger partial charge is 0.335 e. The molecule has 4 nitrogen and oxygen atoms in total. The fraction of sp³-hybridized carbons (Fsp3) is 0.500. The van der Waals surface area contributed by atoms with Crippen LogP contribution >= 0.6 is 0 Å². The normalized spacial score (nSPS) is 15.8. The van der Waals surface area contributed by atoms with Crippen LogP contribution in [0, 0.1) is 0 Å². The second-order valence-corrected chi connectivity index (χ2v) is 1.87. The highest BCUT2D eigenvalue weighted by molar-refractivity contribution is 5.72. The molecule has 0 aliphatic heterocycles. The third-order valence-corrected chi connectivity index (χ3v) is 1.03. The predicted molar refractivity (Wildman–Crippen MR) is 34.5 cm³/mol. The molecule has 0 radical (unpaired) electrons. The monoisotopic (exact) mass is 146 g/mol. The first kappa shape index (κ1) is 9.13. The molecule has 0 rings (SSSR count). The van der Waals surface area contributed by atoms with Crippen LogP contribution in [0.15, 0.2) is 12.7 Å². The van der Waals surface area contributed by atoms with Gasteiger partial charge in [0.2, 0.25) is 0 Å². The predicted octanol–water partition coefficient (Wildman–Crippen LogP) is -0.631. The molecule has 0 aromatic carbocycles. The molecule has 0 aliphatic rings. The van der Waals surface area contributed by atoms with E-state index in [2.05, 4.69) is 6.58 Å². The molecule has 0 saturated carbocycles. The summed E-state index contributed by atoms with van der Waals surface area (Å²) in [6, 6.07) is 0. The van der Waals surface area contributed by atoms with E-state index in [9.17, 15) is 4.79 Å². The highest BCUT2D eigenvalue weighted by Gasteiger charge is 2.21. The molecule has 0 aromatic heterocycles. The van der Waals surface area contributed by atoms with E-state index in [1.807, 2.05) is 0 Å². The molecule has 2 atom stereocenters. The first-order chi connectivity index (χ1) is 4.59. The van der Waals surface area contributed by atoms with Gasteiger partial charge in [0.15, 0.2) is 6.10 Å². The highest BCUT2D eigenvalue weighted by Crippen LogP contribution is 1.98. The van der Waals surface area contributed by atoms with Gasteiger partial charge in [-0.1, -0.05) is 6.08 Å². The van der Waals surface area contributed by atoms with Gasteiger partial charge < -0.3 is 15.3 Å². The third kappa shape index (κ3) is 2.61. The summed E-state index contributed by atoms with van der Waals surface area (Å²) in [4.78, 5) is 9.97. The summed E-state index contributed by atoms with van der Waals surface area (Å²) in [5.74, 6) is -1.42. The van der Waals surface area contributed by atoms with Crippen molar-refractivity contribution < 1.29 is 20.1 Å². The van der Waals surface area contributed by atoms with Crippen molar-refractivity contribution in [2.75, 3.05) is 0 Å². The molecule has 0 aliphatic carbocycles. The topological polar surface area (TPSA) is 77.8 Å². The SMILES string of the molecule is C=CCC(O)C(O)C(=O)O. The van der Waals surface area contributed by atoms with E-state index in [0.29, 0.717) is 0 Å². The number of aliphatic carboxylic acids is 1. The first-order valence-corrected chi connectivity index (χ1v) is 2.79. The largest absolute Gasteiger partial charge is 0.479 e. The van der Waals surface area contributed by atoms with Crippen molar-refractivity contribution in [3.05, 3.63) is 12.7 Å². The lowest BCUT2D eigenvalue weighted by molar-refractivity contribution is -0.152. The van der Waals surface area contributed by atoms with Crippen molar-refractivity contribution in [2.24, 2.45) is 0 Å². The molecule has 0 amide bonds. The molecule has 3 N–H and O–H groups in total. The van der Waals surface area contributed by atoms with Gasteiger partial charge in [-0.3, -0.25) is 0 Å². The average molecular weight is 146 g/mol. The Bertz CT molecular complexity index is 132. The number of carbonyl (C=O) groups is 1. The van der Waals surface area contributed by atoms with Crippen molar-refractivity contribution in [1.82, 2.24) is 0 Å². The molecule has 2 unspecified atom stereocenters. The molecule has 0 heterocycles. The molecule has 0 spiro atoms. The molecule has 58 valence electrons. The van der Waals surface area contributed by atoms with Gasteiger partial charge in [0, 0.05) is 0 Å². The quantitative estimate of drug-likeness (QED) is 0.461. The Morgan fingerprint density at radius 3 is 2.40 bits per heavy atom. The maximum atomic E-state index is 9.97. The Hall–Kier alpha value is -0.870. The van der Waals surface area contributed by atoms with Gasteiger partial charge in [-0.2, -0.15) is 0 Å². The Kier molecular flexibility index (Phi) is 3.68. The zero-order valence-electron chi connectivity index (χ0n) is 5.40. The minimum Gasteiger partial charge on any atom is -0.479 e. The highest BCUT2D eigenvalue weighted by atomic mass is 16.4. The molecule has 0 saturated heterocycles. The summed E-state index contributed by atoms with van der Waals surface area (Å²) in [6.45, 7) is 3.28. The average Bonchev–Trinajstić information content (AvgIpc) is 1.87. The lowest BCUT2D eigenvalue weighted by atomic mass is 10.1. The van der Waals surface area contributed by atoms with Crippen LogP contribution in [-0.2, 0) is 4.79 Å². The van der Waals surface area contributed by atoms with Crippen molar-refractivity contribution >= 4 is 5.97 Å². The zero-order chi connectivity index (χ0) is 8.15. The van der Waals surface area contributed by atoms with E-state index in [0.717, 1.165) is 0 Å². The van der Waals surface area contributed by atoms with E-state index in [4.69, 9.17) is 15.3 Å². The van der Waals surface area contributed by atoms with Crippen molar-refractivity contribution in [3.8, 4) is 0 Å². The van der Waals surface area contributed by atoms with E-state index in [1.165, 1.54) is 6.08 Å². The van der Waals surface area contributed by atoms with Crippen LogP contribution in [0.3, 0.4) is 0 Å². The number of carboxylic acid groups (broad SMARTS) is 1. The molecule has 0 fully saturated rings. The molecular weight excluding hydrogens is 136 g/mol. The Balaban J connectivity index is 3.80. The van der Waals surface area contributed by atoms with E-state index in [-0.39, 0.29) is 6.42 Å². The van der Waals surface area contributed by atoms with Gasteiger partial charge in [0.25, 0.3) is 0 Å². The summed E-state index contributed by atoms with van der Waals surface area (Å²) >= 11 is 0. The second-order valence-electron chi connectivity index (χ2n) is 1.87. The van der Waals surface area contributed by atoms with Gasteiger partial charge in [0.05, 0.1) is 6.10 Å². The summed E-state index contributed by atoms with van der Waals surface area (Å²) in [5.41, 5.74) is 0. The Morgan fingerprint density at radius 2 is 2.10 bits per heavy atom. The van der Waals surface area contributed by atoms with Crippen LogP contribution in [0.2, 0.25) is 0 Å². The van der Waals surface area contributed by atoms with Crippen LogP contribution < -0.4 is 0 Å². The lowest BCUT2D eigenvalue weighted by Crippen LogP contribution is -2.33. The van der Waals surface area contributed by atoms with Crippen molar-refractivity contribution in [2.45, 2.75) is 18.6 Å². The van der Waals surface area contributed by atoms with Crippen LogP contribution in [0.4, 0.5) is 0 Å².